The van der Waals surface area contributed by atoms with Crippen molar-refractivity contribution in [2.24, 2.45) is 0 Å². The molecule has 31 heavy (non-hydrogen) atoms. The van der Waals surface area contributed by atoms with Gasteiger partial charge in [0.25, 0.3) is 0 Å². The van der Waals surface area contributed by atoms with Gasteiger partial charge in [0.05, 0.1) is 19.2 Å². The highest BCUT2D eigenvalue weighted by Crippen LogP contribution is 2.31. The molecule has 0 saturated carbocycles. The van der Waals surface area contributed by atoms with Gasteiger partial charge in [-0.2, -0.15) is 4.98 Å². The van der Waals surface area contributed by atoms with Crippen molar-refractivity contribution >= 4 is 40.5 Å². The number of nitrogen functional groups attached to an aromatic ring is 1. The fourth-order valence-electron chi connectivity index (χ4n) is 2.86. The van der Waals surface area contributed by atoms with Gasteiger partial charge >= 0.3 is 0 Å². The molecule has 0 atom stereocenters. The molecule has 0 fully saturated rings. The van der Waals surface area contributed by atoms with Crippen LogP contribution in [-0.2, 0) is 11.4 Å². The summed E-state index contributed by atoms with van der Waals surface area (Å²) in [5, 5.41) is 3.42. The van der Waals surface area contributed by atoms with Crippen molar-refractivity contribution in [2.75, 3.05) is 23.9 Å². The minimum Gasteiger partial charge on any atom is -0.493 e. The molecule has 4 rings (SSSR count). The fraction of sp³-hybridized carbons (Fsp3) is 0.143. The third-order valence-corrected chi connectivity index (χ3v) is 5.27. The van der Waals surface area contributed by atoms with E-state index in [2.05, 4.69) is 25.3 Å². The third-order valence-electron chi connectivity index (χ3n) is 4.29. The Morgan fingerprint density at radius 1 is 1.16 bits per heavy atom. The summed E-state index contributed by atoms with van der Waals surface area (Å²) >= 11 is 1.24. The van der Waals surface area contributed by atoms with Gasteiger partial charge in [0.15, 0.2) is 17.1 Å². The number of hydrogen-bond donors (Lipinski definition) is 3. The van der Waals surface area contributed by atoms with Crippen LogP contribution >= 0.6 is 11.8 Å². The van der Waals surface area contributed by atoms with Gasteiger partial charge < -0.3 is 25.5 Å². The van der Waals surface area contributed by atoms with Gasteiger partial charge in [-0.1, -0.05) is 42.1 Å². The monoisotopic (exact) mass is 436 g/mol. The number of nitrogens with two attached hydrogens (primary N) is 1. The average Bonchev–Trinajstić information content (AvgIpc) is 3.25. The molecule has 1 amide bonds. The van der Waals surface area contributed by atoms with Crippen LogP contribution in [0.4, 0.5) is 11.6 Å². The Labute approximate surface area is 182 Å². The normalized spacial score (nSPS) is 10.7. The van der Waals surface area contributed by atoms with Gasteiger partial charge in [-0.15, -0.1) is 0 Å². The van der Waals surface area contributed by atoms with Crippen LogP contribution in [0.15, 0.2) is 59.9 Å². The van der Waals surface area contributed by atoms with E-state index in [4.69, 9.17) is 15.2 Å². The number of nitrogens with one attached hydrogen (secondary N) is 2. The first-order valence-electron chi connectivity index (χ1n) is 9.36. The summed E-state index contributed by atoms with van der Waals surface area (Å²) in [6.45, 7) is 0.420. The number of aromatic nitrogens is 4. The maximum atomic E-state index is 12.4. The molecule has 10 heteroatoms. The lowest BCUT2D eigenvalue weighted by Crippen LogP contribution is -2.14. The number of aromatic amines is 1. The van der Waals surface area contributed by atoms with Gasteiger partial charge in [0.1, 0.15) is 17.1 Å². The number of carbonyl (C=O) groups is 1. The lowest BCUT2D eigenvalue weighted by Gasteiger charge is -2.13. The molecule has 4 N–H and O–H groups in total. The number of amides is 1. The van der Waals surface area contributed by atoms with Gasteiger partial charge in [-0.25, -0.2) is 9.97 Å². The molecule has 158 valence electrons. The summed E-state index contributed by atoms with van der Waals surface area (Å²) in [6.07, 6.45) is 1.51. The van der Waals surface area contributed by atoms with Gasteiger partial charge in [-0.3, -0.25) is 4.79 Å². The summed E-state index contributed by atoms with van der Waals surface area (Å²) < 4.78 is 11.3. The van der Waals surface area contributed by atoms with Gasteiger partial charge in [0.2, 0.25) is 11.9 Å². The van der Waals surface area contributed by atoms with E-state index in [0.717, 1.165) is 5.56 Å². The molecule has 0 spiro atoms. The van der Waals surface area contributed by atoms with E-state index in [9.17, 15) is 4.79 Å². The Morgan fingerprint density at radius 2 is 2.00 bits per heavy atom. The Hall–Kier alpha value is -3.79. The third kappa shape index (κ3) is 5.04. The quantitative estimate of drug-likeness (QED) is 0.284. The van der Waals surface area contributed by atoms with Crippen LogP contribution in [0.3, 0.4) is 0 Å². The molecule has 9 nitrogen and oxygen atoms in total. The number of benzene rings is 2. The van der Waals surface area contributed by atoms with Crippen LogP contribution < -0.4 is 20.5 Å². The minimum atomic E-state index is -0.199. The van der Waals surface area contributed by atoms with Crippen molar-refractivity contribution < 1.29 is 14.3 Å². The van der Waals surface area contributed by atoms with Crippen molar-refractivity contribution in [1.82, 2.24) is 19.9 Å². The SMILES string of the molecule is COc1cc(NC(=O)CSc2nc(N)nc3nc[nH]c23)ccc1OCc1ccccc1. The maximum absolute atomic E-state index is 12.4. The number of carbonyl (C=O) groups excluding carboxylic acids is 1. The van der Waals surface area contributed by atoms with Crippen molar-refractivity contribution in [3.8, 4) is 11.5 Å². The second kappa shape index (κ2) is 9.35. The molecule has 0 aliphatic carbocycles. The average molecular weight is 436 g/mol. The minimum absolute atomic E-state index is 0.110. The Balaban J connectivity index is 1.38. The number of fused-ring (bicyclic) bond motifs is 1. The Bertz CT molecular complexity index is 1200. The van der Waals surface area contributed by atoms with Crippen molar-refractivity contribution in [3.05, 3.63) is 60.4 Å². The fourth-order valence-corrected chi connectivity index (χ4v) is 3.65. The van der Waals surface area contributed by atoms with E-state index in [1.165, 1.54) is 18.1 Å². The largest absolute Gasteiger partial charge is 0.493 e. The molecule has 4 aromatic rings. The molecule has 0 aliphatic rings. The first-order chi connectivity index (χ1) is 15.1. The Kier molecular flexibility index (Phi) is 6.18. The summed E-state index contributed by atoms with van der Waals surface area (Å²) in [7, 11) is 1.56. The first-order valence-corrected chi connectivity index (χ1v) is 10.3. The summed E-state index contributed by atoms with van der Waals surface area (Å²) in [6, 6.07) is 15.1. The van der Waals surface area contributed by atoms with E-state index >= 15 is 0 Å². The zero-order chi connectivity index (χ0) is 21.6. The van der Waals surface area contributed by atoms with Crippen molar-refractivity contribution in [2.45, 2.75) is 11.6 Å². The van der Waals surface area contributed by atoms with E-state index in [-0.39, 0.29) is 17.6 Å². The van der Waals surface area contributed by atoms with Gasteiger partial charge in [-0.05, 0) is 17.7 Å². The molecule has 2 heterocycles. The number of rotatable bonds is 8. The number of hydrogen-bond acceptors (Lipinski definition) is 8. The number of nitrogens with zero attached hydrogens (tertiary/aromatic N) is 3. The zero-order valence-electron chi connectivity index (χ0n) is 16.7. The molecule has 2 aromatic carbocycles. The van der Waals surface area contributed by atoms with Crippen molar-refractivity contribution in [1.29, 1.82) is 0 Å². The van der Waals surface area contributed by atoms with E-state index in [0.29, 0.717) is 40.0 Å². The summed E-state index contributed by atoms with van der Waals surface area (Å²) in [5.41, 5.74) is 8.47. The van der Waals surface area contributed by atoms with Crippen LogP contribution in [0.25, 0.3) is 11.2 Å². The van der Waals surface area contributed by atoms with E-state index in [1.807, 2.05) is 30.3 Å². The molecule has 0 saturated heterocycles. The molecular weight excluding hydrogens is 416 g/mol. The summed E-state index contributed by atoms with van der Waals surface area (Å²) in [4.78, 5) is 27.7. The van der Waals surface area contributed by atoms with E-state index < -0.39 is 0 Å². The zero-order valence-corrected chi connectivity index (χ0v) is 17.5. The number of ether oxygens (including phenoxy) is 2. The van der Waals surface area contributed by atoms with E-state index in [1.54, 1.807) is 25.3 Å². The standard InChI is InChI=1S/C21H20N6O3S/c1-29-16-9-14(7-8-15(16)30-10-13-5-3-2-4-6-13)25-17(28)11-31-20-18-19(24-12-23-18)26-21(22)27-20/h2-9,12H,10-11H2,1H3,(H,25,28)(H3,22,23,24,26,27). The molecular formula is C21H20N6O3S. The molecule has 2 aromatic heterocycles. The second-order valence-corrected chi connectivity index (χ2v) is 7.43. The van der Waals surface area contributed by atoms with Crippen molar-refractivity contribution in [3.63, 3.8) is 0 Å². The van der Waals surface area contributed by atoms with Crippen LogP contribution in [-0.4, -0.2) is 38.7 Å². The highest BCUT2D eigenvalue weighted by molar-refractivity contribution is 8.00. The number of methoxy groups -OCH3 is 1. The first kappa shape index (κ1) is 20.5. The number of thioether (sulfide) groups is 1. The molecule has 0 bridgehead atoms. The number of anilines is 2. The number of imidazole rings is 1. The molecule has 0 radical (unpaired) electrons. The predicted molar refractivity (Wildman–Crippen MR) is 119 cm³/mol. The number of H-pyrrole nitrogens is 1. The lowest BCUT2D eigenvalue weighted by atomic mass is 10.2. The smallest absolute Gasteiger partial charge is 0.234 e. The molecule has 0 aliphatic heterocycles. The van der Waals surface area contributed by atoms with Crippen LogP contribution in [0.1, 0.15) is 5.56 Å². The van der Waals surface area contributed by atoms with Crippen LogP contribution in [0, 0.1) is 0 Å². The predicted octanol–water partition coefficient (Wildman–Crippen LogP) is 3.25. The second-order valence-electron chi connectivity index (χ2n) is 6.46. The maximum Gasteiger partial charge on any atom is 0.234 e. The van der Waals surface area contributed by atoms with Crippen LogP contribution in [0.5, 0.6) is 11.5 Å². The topological polar surface area (TPSA) is 128 Å². The Morgan fingerprint density at radius 3 is 2.81 bits per heavy atom. The molecule has 0 unspecified atom stereocenters. The summed E-state index contributed by atoms with van der Waals surface area (Å²) in [5.74, 6) is 1.17. The van der Waals surface area contributed by atoms with Gasteiger partial charge in [0, 0.05) is 11.8 Å². The lowest BCUT2D eigenvalue weighted by molar-refractivity contribution is -0.113. The van der Waals surface area contributed by atoms with Crippen LogP contribution in [0.2, 0.25) is 0 Å². The highest BCUT2D eigenvalue weighted by atomic mass is 32.2. The highest BCUT2D eigenvalue weighted by Gasteiger charge is 2.13.